The van der Waals surface area contributed by atoms with Gasteiger partial charge < -0.3 is 4.74 Å². The van der Waals surface area contributed by atoms with Gasteiger partial charge in [0.15, 0.2) is 0 Å². The molecule has 0 saturated heterocycles. The van der Waals surface area contributed by atoms with E-state index in [9.17, 15) is 4.79 Å². The molecule has 0 amide bonds. The minimum absolute atomic E-state index is 0.149. The van der Waals surface area contributed by atoms with E-state index in [1.807, 2.05) is 30.3 Å². The fourth-order valence-electron chi connectivity index (χ4n) is 1.99. The van der Waals surface area contributed by atoms with Gasteiger partial charge in [-0.2, -0.15) is 5.10 Å². The standard InChI is InChI=1S/C14H14N2O2/c1-18-11-6-4-9(5-7-11)12-8-13(10-2-3-10)15-16-14(12)17/h4-8,10H,2-3H2,1H3,(H,16,17). The summed E-state index contributed by atoms with van der Waals surface area (Å²) in [6, 6.07) is 9.39. The molecule has 0 radical (unpaired) electrons. The molecule has 4 nitrogen and oxygen atoms in total. The molecule has 1 fully saturated rings. The number of hydrogen-bond donors (Lipinski definition) is 1. The van der Waals surface area contributed by atoms with Crippen molar-refractivity contribution < 1.29 is 4.74 Å². The number of nitrogens with zero attached hydrogens (tertiary/aromatic N) is 1. The van der Waals surface area contributed by atoms with Gasteiger partial charge >= 0.3 is 0 Å². The monoisotopic (exact) mass is 242 g/mol. The Labute approximate surface area is 105 Å². The number of aromatic amines is 1. The van der Waals surface area contributed by atoms with E-state index in [0.717, 1.165) is 17.0 Å². The Hall–Kier alpha value is -2.10. The number of methoxy groups -OCH3 is 1. The summed E-state index contributed by atoms with van der Waals surface area (Å²) in [5.41, 5.74) is 2.40. The predicted molar refractivity (Wildman–Crippen MR) is 68.8 cm³/mol. The summed E-state index contributed by atoms with van der Waals surface area (Å²) in [7, 11) is 1.62. The SMILES string of the molecule is COc1ccc(-c2cc(C3CC3)n[nH]c2=O)cc1. The molecule has 92 valence electrons. The minimum atomic E-state index is -0.149. The van der Waals surface area contributed by atoms with E-state index in [-0.39, 0.29) is 5.56 Å². The van der Waals surface area contributed by atoms with Gasteiger partial charge in [-0.25, -0.2) is 5.10 Å². The second kappa shape index (κ2) is 4.29. The lowest BCUT2D eigenvalue weighted by Crippen LogP contribution is -2.12. The number of H-pyrrole nitrogens is 1. The molecular formula is C14H14N2O2. The van der Waals surface area contributed by atoms with Crippen LogP contribution in [0, 0.1) is 0 Å². The first-order valence-electron chi connectivity index (χ1n) is 6.02. The highest BCUT2D eigenvalue weighted by Gasteiger charge is 2.26. The van der Waals surface area contributed by atoms with Crippen LogP contribution in [0.5, 0.6) is 5.75 Å². The highest BCUT2D eigenvalue weighted by atomic mass is 16.5. The maximum Gasteiger partial charge on any atom is 0.272 e. The molecule has 1 aliphatic rings. The zero-order valence-corrected chi connectivity index (χ0v) is 10.1. The van der Waals surface area contributed by atoms with Crippen LogP contribution in [0.15, 0.2) is 35.1 Å². The molecule has 1 aromatic heterocycles. The van der Waals surface area contributed by atoms with Crippen LogP contribution in [0.2, 0.25) is 0 Å². The topological polar surface area (TPSA) is 55.0 Å². The van der Waals surface area contributed by atoms with Gasteiger partial charge in [-0.3, -0.25) is 4.79 Å². The second-order valence-corrected chi connectivity index (χ2v) is 4.54. The average Bonchev–Trinajstić information content (AvgIpc) is 3.24. The fourth-order valence-corrected chi connectivity index (χ4v) is 1.99. The third kappa shape index (κ3) is 2.01. The van der Waals surface area contributed by atoms with Gasteiger partial charge in [0, 0.05) is 5.92 Å². The average molecular weight is 242 g/mol. The van der Waals surface area contributed by atoms with Gasteiger partial charge in [-0.15, -0.1) is 0 Å². The summed E-state index contributed by atoms with van der Waals surface area (Å²) in [6.45, 7) is 0. The van der Waals surface area contributed by atoms with E-state index in [1.54, 1.807) is 7.11 Å². The number of hydrogen-bond acceptors (Lipinski definition) is 3. The summed E-state index contributed by atoms with van der Waals surface area (Å²) < 4.78 is 5.11. The van der Waals surface area contributed by atoms with Gasteiger partial charge in [-0.05, 0) is 36.6 Å². The lowest BCUT2D eigenvalue weighted by atomic mass is 10.1. The Kier molecular flexibility index (Phi) is 2.63. The Bertz CT molecular complexity index is 612. The van der Waals surface area contributed by atoms with E-state index in [2.05, 4.69) is 10.2 Å². The number of nitrogens with one attached hydrogen (secondary N) is 1. The van der Waals surface area contributed by atoms with E-state index < -0.39 is 0 Å². The van der Waals surface area contributed by atoms with Crippen LogP contribution in [0.4, 0.5) is 0 Å². The Balaban J connectivity index is 2.03. The van der Waals surface area contributed by atoms with Gasteiger partial charge in [0.1, 0.15) is 5.75 Å². The van der Waals surface area contributed by atoms with Gasteiger partial charge in [-0.1, -0.05) is 12.1 Å². The second-order valence-electron chi connectivity index (χ2n) is 4.54. The molecule has 18 heavy (non-hydrogen) atoms. The number of ether oxygens (including phenoxy) is 1. The maximum absolute atomic E-state index is 11.8. The minimum Gasteiger partial charge on any atom is -0.497 e. The molecule has 3 rings (SSSR count). The number of rotatable bonds is 3. The fraction of sp³-hybridized carbons (Fsp3) is 0.286. The highest BCUT2D eigenvalue weighted by molar-refractivity contribution is 5.63. The van der Waals surface area contributed by atoms with Crippen molar-refractivity contribution in [2.24, 2.45) is 0 Å². The molecule has 1 saturated carbocycles. The maximum atomic E-state index is 11.8. The van der Waals surface area contributed by atoms with E-state index >= 15 is 0 Å². The van der Waals surface area contributed by atoms with Gasteiger partial charge in [0.05, 0.1) is 18.4 Å². The first-order valence-corrected chi connectivity index (χ1v) is 6.02. The Morgan fingerprint density at radius 1 is 1.28 bits per heavy atom. The van der Waals surface area contributed by atoms with Crippen LogP contribution in [0.25, 0.3) is 11.1 Å². The van der Waals surface area contributed by atoms with Crippen molar-refractivity contribution in [1.29, 1.82) is 0 Å². The molecule has 0 aliphatic heterocycles. The highest BCUT2D eigenvalue weighted by Crippen LogP contribution is 2.39. The summed E-state index contributed by atoms with van der Waals surface area (Å²) in [6.07, 6.45) is 2.34. The Morgan fingerprint density at radius 3 is 2.61 bits per heavy atom. The van der Waals surface area contributed by atoms with Crippen molar-refractivity contribution in [3.63, 3.8) is 0 Å². The molecule has 1 N–H and O–H groups in total. The molecule has 0 atom stereocenters. The Morgan fingerprint density at radius 2 is 2.00 bits per heavy atom. The van der Waals surface area contributed by atoms with Crippen molar-refractivity contribution in [2.45, 2.75) is 18.8 Å². The quantitative estimate of drug-likeness (QED) is 0.898. The van der Waals surface area contributed by atoms with E-state index in [1.165, 1.54) is 12.8 Å². The molecule has 1 aliphatic carbocycles. The first-order chi connectivity index (χ1) is 8.78. The van der Waals surface area contributed by atoms with Crippen LogP contribution in [0.1, 0.15) is 24.5 Å². The number of benzene rings is 1. The van der Waals surface area contributed by atoms with Crippen molar-refractivity contribution >= 4 is 0 Å². The molecule has 0 spiro atoms. The molecule has 1 aromatic carbocycles. The number of aromatic nitrogens is 2. The first kappa shape index (κ1) is 11.0. The van der Waals surface area contributed by atoms with E-state index in [4.69, 9.17) is 4.74 Å². The van der Waals surface area contributed by atoms with Crippen LogP contribution < -0.4 is 10.3 Å². The van der Waals surface area contributed by atoms with Crippen LogP contribution >= 0.6 is 0 Å². The zero-order valence-electron chi connectivity index (χ0n) is 10.1. The molecule has 4 heteroatoms. The van der Waals surface area contributed by atoms with Crippen molar-refractivity contribution in [3.8, 4) is 16.9 Å². The van der Waals surface area contributed by atoms with Crippen LogP contribution in [-0.4, -0.2) is 17.3 Å². The summed E-state index contributed by atoms with van der Waals surface area (Å²) in [4.78, 5) is 11.8. The third-order valence-corrected chi connectivity index (χ3v) is 3.22. The lowest BCUT2D eigenvalue weighted by Gasteiger charge is -2.04. The predicted octanol–water partition coefficient (Wildman–Crippen LogP) is 2.32. The van der Waals surface area contributed by atoms with E-state index in [0.29, 0.717) is 11.5 Å². The molecule has 2 aromatic rings. The van der Waals surface area contributed by atoms with Crippen molar-refractivity contribution in [2.75, 3.05) is 7.11 Å². The summed E-state index contributed by atoms with van der Waals surface area (Å²) in [5, 5.41) is 6.68. The largest absolute Gasteiger partial charge is 0.497 e. The van der Waals surface area contributed by atoms with Crippen molar-refractivity contribution in [3.05, 3.63) is 46.4 Å². The molecule has 0 bridgehead atoms. The van der Waals surface area contributed by atoms with Crippen molar-refractivity contribution in [1.82, 2.24) is 10.2 Å². The summed E-state index contributed by atoms with van der Waals surface area (Å²) in [5.74, 6) is 1.31. The molecular weight excluding hydrogens is 228 g/mol. The summed E-state index contributed by atoms with van der Waals surface area (Å²) >= 11 is 0. The lowest BCUT2D eigenvalue weighted by molar-refractivity contribution is 0.415. The van der Waals surface area contributed by atoms with Crippen LogP contribution in [0.3, 0.4) is 0 Å². The van der Waals surface area contributed by atoms with Gasteiger partial charge in [0.2, 0.25) is 0 Å². The smallest absolute Gasteiger partial charge is 0.272 e. The third-order valence-electron chi connectivity index (χ3n) is 3.22. The van der Waals surface area contributed by atoms with Gasteiger partial charge in [0.25, 0.3) is 5.56 Å². The van der Waals surface area contributed by atoms with Crippen LogP contribution in [-0.2, 0) is 0 Å². The molecule has 0 unspecified atom stereocenters. The zero-order chi connectivity index (χ0) is 12.5. The molecule has 1 heterocycles. The normalized spacial score (nSPS) is 14.5.